The lowest BCUT2D eigenvalue weighted by atomic mass is 10.2. The van der Waals surface area contributed by atoms with Crippen molar-refractivity contribution in [3.63, 3.8) is 0 Å². The summed E-state index contributed by atoms with van der Waals surface area (Å²) in [6.45, 7) is 11.9. The van der Waals surface area contributed by atoms with E-state index in [1.165, 1.54) is 4.90 Å². The second kappa shape index (κ2) is 11.0. The molecule has 8 nitrogen and oxygen atoms in total. The molecule has 0 saturated carbocycles. The van der Waals surface area contributed by atoms with E-state index in [-0.39, 0.29) is 10.8 Å². The standard InChI is InChI=1S/C24H22N4O4S4/c1-4-6-11-27-15-12-14(25-3)7-8-16(15)34-18(27)10-9-17-21(31)28(13-19(29)30)23(35-17)20-22(32)26(5-2)24(33)36-20/h7-10,12H,4-6,11,13H2,1-2H3,(H,29,30). The normalized spacial score (nSPS) is 18.4. The number of allylic oxidation sites excluding steroid dienone is 1. The van der Waals surface area contributed by atoms with Crippen LogP contribution in [0.25, 0.3) is 15.8 Å². The summed E-state index contributed by atoms with van der Waals surface area (Å²) in [6, 6.07) is 5.59. The lowest BCUT2D eigenvalue weighted by molar-refractivity contribution is -0.137. The maximum absolute atomic E-state index is 13.2. The Balaban J connectivity index is 1.83. The van der Waals surface area contributed by atoms with E-state index >= 15 is 0 Å². The fraction of sp³-hybridized carbons (Fsp3) is 0.292. The third kappa shape index (κ3) is 5.01. The Morgan fingerprint density at radius 2 is 1.97 bits per heavy atom. The fourth-order valence-electron chi connectivity index (χ4n) is 3.76. The number of aliphatic carboxylic acids is 1. The average Bonchev–Trinajstić information content (AvgIpc) is 3.46. The molecular weight excluding hydrogens is 537 g/mol. The zero-order chi connectivity index (χ0) is 26.0. The number of rotatable bonds is 7. The molecule has 0 radical (unpaired) electrons. The molecule has 1 aromatic carbocycles. The summed E-state index contributed by atoms with van der Waals surface area (Å²) in [6.07, 6.45) is 5.49. The van der Waals surface area contributed by atoms with Gasteiger partial charge in [0.1, 0.15) is 20.4 Å². The first-order valence-corrected chi connectivity index (χ1v) is 14.0. The molecule has 1 saturated heterocycles. The number of amides is 1. The first-order valence-electron chi connectivity index (χ1n) is 11.2. The van der Waals surface area contributed by atoms with Gasteiger partial charge in [0.2, 0.25) is 0 Å². The Morgan fingerprint density at radius 3 is 2.61 bits per heavy atom. The number of anilines is 1. The number of thiazole rings is 1. The van der Waals surface area contributed by atoms with E-state index < -0.39 is 18.1 Å². The molecule has 0 bridgehead atoms. The van der Waals surface area contributed by atoms with Crippen molar-refractivity contribution in [2.75, 3.05) is 18.0 Å². The summed E-state index contributed by atoms with van der Waals surface area (Å²) in [5.74, 6) is -1.49. The summed E-state index contributed by atoms with van der Waals surface area (Å²) in [7, 11) is 0. The molecule has 0 spiro atoms. The largest absolute Gasteiger partial charge is 0.480 e. The monoisotopic (exact) mass is 558 g/mol. The highest BCUT2D eigenvalue weighted by atomic mass is 32.2. The minimum Gasteiger partial charge on any atom is -0.480 e. The Morgan fingerprint density at radius 1 is 1.19 bits per heavy atom. The van der Waals surface area contributed by atoms with E-state index in [9.17, 15) is 19.5 Å². The fourth-order valence-corrected chi connectivity index (χ4v) is 7.41. The van der Waals surface area contributed by atoms with Crippen molar-refractivity contribution >= 4 is 85.6 Å². The van der Waals surface area contributed by atoms with E-state index in [0.717, 1.165) is 62.7 Å². The van der Waals surface area contributed by atoms with E-state index in [4.69, 9.17) is 18.8 Å². The molecule has 12 heteroatoms. The quantitative estimate of drug-likeness (QED) is 0.408. The van der Waals surface area contributed by atoms with Crippen molar-refractivity contribution in [1.29, 1.82) is 0 Å². The number of carbonyl (C=O) groups excluding carboxylic acids is 1. The van der Waals surface area contributed by atoms with E-state index in [2.05, 4.69) is 16.7 Å². The number of carboxylic acid groups (broad SMARTS) is 1. The molecule has 1 fully saturated rings. The van der Waals surface area contributed by atoms with Crippen molar-refractivity contribution in [2.24, 2.45) is 0 Å². The zero-order valence-electron chi connectivity index (χ0n) is 19.5. The third-order valence-corrected chi connectivity index (χ3v) is 9.36. The number of hydrogen-bond donors (Lipinski definition) is 1. The van der Waals surface area contributed by atoms with Crippen LogP contribution in [0, 0.1) is 6.57 Å². The Labute approximate surface area is 225 Å². The van der Waals surface area contributed by atoms with Crippen LogP contribution in [0.15, 0.2) is 39.0 Å². The number of benzene rings is 1. The first kappa shape index (κ1) is 26.2. The average molecular weight is 559 g/mol. The van der Waals surface area contributed by atoms with Gasteiger partial charge in [-0.05, 0) is 31.6 Å². The first-order chi connectivity index (χ1) is 17.3. The van der Waals surface area contributed by atoms with Gasteiger partial charge < -0.3 is 10.0 Å². The molecule has 3 heterocycles. The number of fused-ring (bicyclic) bond motifs is 1. The summed E-state index contributed by atoms with van der Waals surface area (Å²) in [5.41, 5.74) is 1.07. The van der Waals surface area contributed by atoms with Gasteiger partial charge >= 0.3 is 5.97 Å². The van der Waals surface area contributed by atoms with Gasteiger partial charge in [0.15, 0.2) is 5.69 Å². The van der Waals surface area contributed by atoms with Crippen molar-refractivity contribution in [3.05, 3.63) is 60.3 Å². The number of thioether (sulfide) groups is 2. The van der Waals surface area contributed by atoms with Crippen molar-refractivity contribution < 1.29 is 14.7 Å². The topological polar surface area (TPSA) is 87.2 Å². The van der Waals surface area contributed by atoms with Crippen LogP contribution in [0.1, 0.15) is 26.7 Å². The SMILES string of the molecule is [C-]#[N+]c1ccc2c(c1)N(CCCC)C(=CC=c1sc(=C3SC(=S)N(CC)C3=O)n(CC(=O)O)c1=O)S2. The Bertz CT molecular complexity index is 1520. The lowest BCUT2D eigenvalue weighted by Gasteiger charge is -2.20. The van der Waals surface area contributed by atoms with Gasteiger partial charge in [-0.2, -0.15) is 0 Å². The van der Waals surface area contributed by atoms with Crippen LogP contribution in [-0.4, -0.2) is 43.9 Å². The molecule has 1 aromatic heterocycles. The van der Waals surface area contributed by atoms with Crippen molar-refractivity contribution in [3.8, 4) is 0 Å². The molecule has 186 valence electrons. The number of carbonyl (C=O) groups is 2. The molecule has 0 aliphatic carbocycles. The summed E-state index contributed by atoms with van der Waals surface area (Å²) < 4.78 is 2.15. The molecule has 2 aromatic rings. The van der Waals surface area contributed by atoms with Crippen LogP contribution in [0.3, 0.4) is 0 Å². The molecule has 1 amide bonds. The molecule has 0 unspecified atom stereocenters. The van der Waals surface area contributed by atoms with E-state index in [1.54, 1.807) is 30.8 Å². The van der Waals surface area contributed by atoms with Gasteiger partial charge in [-0.1, -0.05) is 61.2 Å². The molecule has 0 atom stereocenters. The van der Waals surface area contributed by atoms with Crippen LogP contribution in [0.5, 0.6) is 0 Å². The van der Waals surface area contributed by atoms with Crippen LogP contribution >= 0.6 is 47.1 Å². The number of nitrogens with zero attached hydrogens (tertiary/aromatic N) is 4. The van der Waals surface area contributed by atoms with Crippen LogP contribution in [-0.2, 0) is 16.1 Å². The van der Waals surface area contributed by atoms with Gasteiger partial charge in [0.25, 0.3) is 11.5 Å². The summed E-state index contributed by atoms with van der Waals surface area (Å²) in [4.78, 5) is 46.0. The number of hydrogen-bond acceptors (Lipinski definition) is 8. The zero-order valence-corrected chi connectivity index (χ0v) is 22.8. The summed E-state index contributed by atoms with van der Waals surface area (Å²) >= 11 is 9.03. The molecular formula is C24H22N4O4S4. The van der Waals surface area contributed by atoms with Crippen LogP contribution in [0.2, 0.25) is 0 Å². The van der Waals surface area contributed by atoms with Crippen molar-refractivity contribution in [2.45, 2.75) is 38.1 Å². The van der Waals surface area contributed by atoms with Gasteiger partial charge in [-0.25, -0.2) is 4.85 Å². The summed E-state index contributed by atoms with van der Waals surface area (Å²) in [5, 5.41) is 10.3. The number of thiocarbonyl (C=S) groups is 1. The molecule has 36 heavy (non-hydrogen) atoms. The minimum atomic E-state index is -1.17. The highest BCUT2D eigenvalue weighted by Gasteiger charge is 2.33. The predicted molar refractivity (Wildman–Crippen MR) is 150 cm³/mol. The highest BCUT2D eigenvalue weighted by Crippen LogP contribution is 2.47. The van der Waals surface area contributed by atoms with E-state index in [0.29, 0.717) is 25.7 Å². The van der Waals surface area contributed by atoms with Crippen molar-refractivity contribution in [1.82, 2.24) is 9.47 Å². The second-order valence-electron chi connectivity index (χ2n) is 7.85. The van der Waals surface area contributed by atoms with Crippen LogP contribution in [0.4, 0.5) is 11.4 Å². The number of aromatic nitrogens is 1. The molecule has 1 N–H and O–H groups in total. The molecule has 2 aliphatic rings. The van der Waals surface area contributed by atoms with Gasteiger partial charge in [-0.3, -0.25) is 23.9 Å². The third-order valence-electron chi connectivity index (χ3n) is 5.52. The minimum absolute atomic E-state index is 0.274. The maximum atomic E-state index is 13.2. The second-order valence-corrected chi connectivity index (χ2v) is 11.6. The maximum Gasteiger partial charge on any atom is 0.323 e. The van der Waals surface area contributed by atoms with E-state index in [1.807, 2.05) is 18.2 Å². The van der Waals surface area contributed by atoms with Gasteiger partial charge in [-0.15, -0.1) is 11.3 Å². The Hall–Kier alpha value is -2.85. The molecule has 2 aliphatic heterocycles. The number of unbranched alkanes of at least 4 members (excludes halogenated alkanes) is 1. The van der Waals surface area contributed by atoms with Crippen LogP contribution < -0.4 is 19.7 Å². The molecule has 4 rings (SSSR count). The highest BCUT2D eigenvalue weighted by molar-refractivity contribution is 8.30. The Kier molecular flexibility index (Phi) is 8.04. The van der Waals surface area contributed by atoms with Gasteiger partial charge in [0.05, 0.1) is 16.1 Å². The smallest absolute Gasteiger partial charge is 0.323 e. The predicted octanol–water partition coefficient (Wildman–Crippen LogP) is 3.57. The number of carboxylic acids is 1. The lowest BCUT2D eigenvalue weighted by Crippen LogP contribution is -2.35. The van der Waals surface area contributed by atoms with Gasteiger partial charge in [0, 0.05) is 23.7 Å².